The van der Waals surface area contributed by atoms with Gasteiger partial charge in [-0.05, 0) is 37.1 Å². The van der Waals surface area contributed by atoms with Crippen molar-refractivity contribution < 1.29 is 9.59 Å². The van der Waals surface area contributed by atoms with E-state index in [0.717, 1.165) is 29.1 Å². The van der Waals surface area contributed by atoms with Crippen molar-refractivity contribution in [1.29, 1.82) is 0 Å². The van der Waals surface area contributed by atoms with Crippen LogP contribution in [-0.2, 0) is 39.5 Å². The number of rotatable bonds is 7. The van der Waals surface area contributed by atoms with Crippen molar-refractivity contribution in [3.05, 3.63) is 100 Å². The molecule has 1 N–H and O–H groups in total. The molecular weight excluding hydrogens is 454 g/mol. The summed E-state index contributed by atoms with van der Waals surface area (Å²) >= 11 is 0. The minimum atomic E-state index is -0.263. The summed E-state index contributed by atoms with van der Waals surface area (Å²) < 4.78 is 3.55. The van der Waals surface area contributed by atoms with E-state index in [4.69, 9.17) is 5.10 Å². The average molecular weight is 484 g/mol. The van der Waals surface area contributed by atoms with Gasteiger partial charge < -0.3 is 10.2 Å². The van der Waals surface area contributed by atoms with Crippen LogP contribution in [0.2, 0.25) is 0 Å². The van der Waals surface area contributed by atoms with Crippen molar-refractivity contribution in [1.82, 2.24) is 34.8 Å². The average Bonchev–Trinajstić information content (AvgIpc) is 3.45. The number of nitrogens with one attached hydrogen (secondary N) is 1. The van der Waals surface area contributed by atoms with Crippen molar-refractivity contribution >= 4 is 11.8 Å². The lowest BCUT2D eigenvalue weighted by molar-refractivity contribution is 0.0719. The van der Waals surface area contributed by atoms with E-state index in [2.05, 4.69) is 27.5 Å². The number of pyridine rings is 1. The van der Waals surface area contributed by atoms with Gasteiger partial charge in [0.25, 0.3) is 11.8 Å². The molecule has 0 aliphatic carbocycles. The van der Waals surface area contributed by atoms with Crippen LogP contribution in [0.1, 0.15) is 49.2 Å². The Kier molecular flexibility index (Phi) is 6.62. The van der Waals surface area contributed by atoms with E-state index >= 15 is 0 Å². The Morgan fingerprint density at radius 1 is 1.06 bits per heavy atom. The normalized spacial score (nSPS) is 12.9. The number of carbonyl (C=O) groups is 2. The number of hydrogen-bond donors (Lipinski definition) is 1. The molecule has 1 aliphatic rings. The zero-order valence-corrected chi connectivity index (χ0v) is 20.5. The number of benzene rings is 1. The van der Waals surface area contributed by atoms with Crippen molar-refractivity contribution in [2.24, 2.45) is 7.05 Å². The van der Waals surface area contributed by atoms with Gasteiger partial charge in [-0.2, -0.15) is 10.2 Å². The van der Waals surface area contributed by atoms with Crippen molar-refractivity contribution in [3.8, 4) is 0 Å². The van der Waals surface area contributed by atoms with Gasteiger partial charge in [-0.1, -0.05) is 36.4 Å². The molecule has 0 saturated carbocycles. The molecule has 5 rings (SSSR count). The van der Waals surface area contributed by atoms with Gasteiger partial charge in [0.05, 0.1) is 24.5 Å². The summed E-state index contributed by atoms with van der Waals surface area (Å²) in [6.45, 7) is 3.72. The lowest BCUT2D eigenvalue weighted by atomic mass is 10.0. The highest BCUT2D eigenvalue weighted by Gasteiger charge is 2.31. The highest BCUT2D eigenvalue weighted by atomic mass is 16.2. The zero-order valence-electron chi connectivity index (χ0n) is 20.5. The topological polar surface area (TPSA) is 97.9 Å². The summed E-state index contributed by atoms with van der Waals surface area (Å²) in [6, 6.07) is 17.6. The van der Waals surface area contributed by atoms with Crippen LogP contribution in [-0.4, -0.2) is 47.8 Å². The number of aryl methyl sites for hydroxylation is 4. The van der Waals surface area contributed by atoms with Crippen molar-refractivity contribution in [2.45, 2.75) is 39.4 Å². The maximum atomic E-state index is 13.3. The molecule has 0 fully saturated rings. The van der Waals surface area contributed by atoms with E-state index in [1.807, 2.05) is 48.0 Å². The van der Waals surface area contributed by atoms with E-state index in [-0.39, 0.29) is 11.8 Å². The van der Waals surface area contributed by atoms with Gasteiger partial charge in [0.15, 0.2) is 5.69 Å². The second-order valence-corrected chi connectivity index (χ2v) is 9.01. The Bertz CT molecular complexity index is 1380. The molecular formula is C27H29N7O2. The molecule has 0 spiro atoms. The largest absolute Gasteiger partial charge is 0.345 e. The maximum absolute atomic E-state index is 13.3. The Hall–Kier alpha value is -4.27. The summed E-state index contributed by atoms with van der Waals surface area (Å²) in [5.41, 5.74) is 5.50. The fourth-order valence-electron chi connectivity index (χ4n) is 4.64. The number of fused-ring (bicyclic) bond motifs is 1. The number of nitrogens with zero attached hydrogens (tertiary/aromatic N) is 6. The monoisotopic (exact) mass is 483 g/mol. The number of carbonyl (C=O) groups excluding carboxylic acids is 2. The minimum absolute atomic E-state index is 0.0966. The molecule has 9 heteroatoms. The van der Waals surface area contributed by atoms with E-state index in [9.17, 15) is 9.59 Å². The molecule has 0 unspecified atom stereocenters. The second-order valence-electron chi connectivity index (χ2n) is 9.01. The Morgan fingerprint density at radius 2 is 1.86 bits per heavy atom. The fourth-order valence-corrected chi connectivity index (χ4v) is 4.64. The molecule has 0 radical (unpaired) electrons. The predicted octanol–water partition coefficient (Wildman–Crippen LogP) is 2.69. The fraction of sp³-hybridized carbons (Fsp3) is 0.296. The molecule has 3 aromatic heterocycles. The third-order valence-corrected chi connectivity index (χ3v) is 6.47. The van der Waals surface area contributed by atoms with Crippen LogP contribution in [0.15, 0.2) is 60.8 Å². The van der Waals surface area contributed by atoms with E-state index in [0.29, 0.717) is 44.0 Å². The molecule has 36 heavy (non-hydrogen) atoms. The number of hydrogen-bond acceptors (Lipinski definition) is 5. The zero-order chi connectivity index (χ0) is 25.1. The maximum Gasteiger partial charge on any atom is 0.272 e. The molecule has 9 nitrogen and oxygen atoms in total. The Balaban J connectivity index is 1.40. The van der Waals surface area contributed by atoms with Crippen LogP contribution in [0.3, 0.4) is 0 Å². The first-order valence-corrected chi connectivity index (χ1v) is 12.1. The van der Waals surface area contributed by atoms with Gasteiger partial charge >= 0.3 is 0 Å². The highest BCUT2D eigenvalue weighted by Crippen LogP contribution is 2.25. The third kappa shape index (κ3) is 4.91. The molecule has 0 saturated heterocycles. The highest BCUT2D eigenvalue weighted by molar-refractivity contribution is 5.95. The molecule has 184 valence electrons. The third-order valence-electron chi connectivity index (χ3n) is 6.47. The Morgan fingerprint density at radius 3 is 2.58 bits per heavy atom. The first-order valence-electron chi connectivity index (χ1n) is 12.1. The molecule has 2 amide bonds. The van der Waals surface area contributed by atoms with Crippen LogP contribution >= 0.6 is 0 Å². The lowest BCUT2D eigenvalue weighted by Crippen LogP contribution is -2.38. The Labute approximate surface area is 209 Å². The first-order chi connectivity index (χ1) is 17.5. The van der Waals surface area contributed by atoms with Crippen molar-refractivity contribution in [2.75, 3.05) is 6.54 Å². The van der Waals surface area contributed by atoms with Crippen molar-refractivity contribution in [3.63, 3.8) is 0 Å². The van der Waals surface area contributed by atoms with Gasteiger partial charge in [0, 0.05) is 44.0 Å². The molecule has 0 bridgehead atoms. The SMILES string of the molecule is Cc1cc(C(=O)N2CCc3c(c(C(=O)NCc4ccccn4)nn3CCc3ccccc3)C2)n(C)n1. The molecule has 4 heterocycles. The summed E-state index contributed by atoms with van der Waals surface area (Å²) in [5.74, 6) is -0.360. The summed E-state index contributed by atoms with van der Waals surface area (Å²) in [7, 11) is 1.77. The van der Waals surface area contributed by atoms with Crippen LogP contribution in [0.25, 0.3) is 0 Å². The molecule has 0 atom stereocenters. The smallest absolute Gasteiger partial charge is 0.272 e. The lowest BCUT2D eigenvalue weighted by Gasteiger charge is -2.28. The minimum Gasteiger partial charge on any atom is -0.345 e. The van der Waals surface area contributed by atoms with E-state index in [1.54, 1.807) is 28.9 Å². The van der Waals surface area contributed by atoms with Crippen LogP contribution < -0.4 is 5.32 Å². The van der Waals surface area contributed by atoms with Gasteiger partial charge in [-0.15, -0.1) is 0 Å². The number of amides is 2. The van der Waals surface area contributed by atoms with Crippen LogP contribution in [0.4, 0.5) is 0 Å². The summed E-state index contributed by atoms with van der Waals surface area (Å²) in [6.07, 6.45) is 3.14. The number of aromatic nitrogens is 5. The predicted molar refractivity (Wildman–Crippen MR) is 134 cm³/mol. The summed E-state index contributed by atoms with van der Waals surface area (Å²) in [4.78, 5) is 32.6. The second kappa shape index (κ2) is 10.2. The van der Waals surface area contributed by atoms with Gasteiger partial charge in [0.2, 0.25) is 0 Å². The summed E-state index contributed by atoms with van der Waals surface area (Å²) in [5, 5.41) is 12.0. The first kappa shape index (κ1) is 23.5. The molecule has 1 aromatic carbocycles. The standard InChI is InChI=1S/C27H29N7O2/c1-19-16-24(32(2)30-19)27(36)33-14-12-23-22(18-33)25(26(35)29-17-21-10-6-7-13-28-21)31-34(23)15-11-20-8-4-3-5-9-20/h3-10,13,16H,11-12,14-15,17-18H2,1-2H3,(H,29,35). The van der Waals surface area contributed by atoms with E-state index < -0.39 is 0 Å². The van der Waals surface area contributed by atoms with Crippen LogP contribution in [0.5, 0.6) is 0 Å². The van der Waals surface area contributed by atoms with Gasteiger partial charge in [0.1, 0.15) is 5.69 Å². The molecule has 1 aliphatic heterocycles. The quantitative estimate of drug-likeness (QED) is 0.436. The van der Waals surface area contributed by atoms with Gasteiger partial charge in [-0.25, -0.2) is 0 Å². The molecule has 4 aromatic rings. The van der Waals surface area contributed by atoms with Crippen LogP contribution in [0, 0.1) is 6.92 Å². The van der Waals surface area contributed by atoms with Gasteiger partial charge in [-0.3, -0.25) is 23.9 Å². The van der Waals surface area contributed by atoms with E-state index in [1.165, 1.54) is 5.56 Å².